The maximum Gasteiger partial charge on any atom is 0.220 e. The molecule has 0 bridgehead atoms. The van der Waals surface area contributed by atoms with Crippen LogP contribution in [0.1, 0.15) is 17.8 Å². The van der Waals surface area contributed by atoms with E-state index in [1.807, 2.05) is 53.1 Å². The quantitative estimate of drug-likeness (QED) is 0.756. The molecule has 1 aromatic carbocycles. The van der Waals surface area contributed by atoms with Gasteiger partial charge in [0.1, 0.15) is 5.75 Å². The van der Waals surface area contributed by atoms with E-state index in [1.165, 1.54) is 0 Å². The van der Waals surface area contributed by atoms with Gasteiger partial charge in [0.15, 0.2) is 11.5 Å². The second-order valence-corrected chi connectivity index (χ2v) is 5.17. The van der Waals surface area contributed by atoms with E-state index >= 15 is 0 Å². The third-order valence-electron chi connectivity index (χ3n) is 3.63. The Balaban J connectivity index is 1.51. The van der Waals surface area contributed by atoms with Crippen LogP contribution < -0.4 is 10.1 Å². The smallest absolute Gasteiger partial charge is 0.220 e. The van der Waals surface area contributed by atoms with Crippen LogP contribution in [-0.4, -0.2) is 27.6 Å². The monoisotopic (exact) mass is 310 g/mol. The van der Waals surface area contributed by atoms with Gasteiger partial charge in [-0.05, 0) is 36.2 Å². The number of hydrogen-bond acceptors (Lipinski definition) is 4. The van der Waals surface area contributed by atoms with E-state index in [4.69, 9.17) is 4.74 Å². The zero-order valence-corrected chi connectivity index (χ0v) is 12.9. The van der Waals surface area contributed by atoms with E-state index < -0.39 is 0 Å². The molecule has 3 rings (SSSR count). The standard InChI is InChI=1S/C17H18N4O2/c1-23-14-8-5-13(6-9-14)7-10-17(22)18-12-16-20-19-15-4-2-3-11-21(15)16/h2-6,8-9,11H,7,10,12H2,1H3,(H,18,22). The molecule has 2 heterocycles. The summed E-state index contributed by atoms with van der Waals surface area (Å²) in [4.78, 5) is 12.0. The maximum absolute atomic E-state index is 12.0. The first-order chi connectivity index (χ1) is 11.3. The number of aryl methyl sites for hydroxylation is 1. The van der Waals surface area contributed by atoms with Crippen molar-refractivity contribution in [2.45, 2.75) is 19.4 Å². The van der Waals surface area contributed by atoms with Crippen LogP contribution in [0.4, 0.5) is 0 Å². The van der Waals surface area contributed by atoms with Gasteiger partial charge in [-0.25, -0.2) is 0 Å². The number of hydrogen-bond donors (Lipinski definition) is 1. The normalized spacial score (nSPS) is 10.7. The van der Waals surface area contributed by atoms with Crippen molar-refractivity contribution in [2.24, 2.45) is 0 Å². The van der Waals surface area contributed by atoms with Crippen LogP contribution in [0.3, 0.4) is 0 Å². The maximum atomic E-state index is 12.0. The molecule has 0 unspecified atom stereocenters. The first kappa shape index (κ1) is 15.0. The van der Waals surface area contributed by atoms with Crippen LogP contribution in [0.15, 0.2) is 48.7 Å². The number of fused-ring (bicyclic) bond motifs is 1. The van der Waals surface area contributed by atoms with Crippen molar-refractivity contribution >= 4 is 11.6 Å². The largest absolute Gasteiger partial charge is 0.497 e. The summed E-state index contributed by atoms with van der Waals surface area (Å²) in [6.07, 6.45) is 3.01. The average Bonchev–Trinajstić information content (AvgIpc) is 3.02. The lowest BCUT2D eigenvalue weighted by atomic mass is 10.1. The van der Waals surface area contributed by atoms with Gasteiger partial charge < -0.3 is 10.1 Å². The van der Waals surface area contributed by atoms with Gasteiger partial charge in [-0.3, -0.25) is 9.20 Å². The molecule has 6 nitrogen and oxygen atoms in total. The lowest BCUT2D eigenvalue weighted by Gasteiger charge is -2.05. The Labute approximate surface area is 134 Å². The molecule has 6 heteroatoms. The molecule has 0 fully saturated rings. The first-order valence-corrected chi connectivity index (χ1v) is 7.44. The number of rotatable bonds is 6. The van der Waals surface area contributed by atoms with Gasteiger partial charge in [0, 0.05) is 12.6 Å². The third-order valence-corrected chi connectivity index (χ3v) is 3.63. The highest BCUT2D eigenvalue weighted by Crippen LogP contribution is 2.12. The first-order valence-electron chi connectivity index (χ1n) is 7.44. The summed E-state index contributed by atoms with van der Waals surface area (Å²) in [6.45, 7) is 0.368. The van der Waals surface area contributed by atoms with Crippen molar-refractivity contribution in [3.8, 4) is 5.75 Å². The lowest BCUT2D eigenvalue weighted by Crippen LogP contribution is -2.24. The van der Waals surface area contributed by atoms with Crippen LogP contribution >= 0.6 is 0 Å². The SMILES string of the molecule is COc1ccc(CCC(=O)NCc2nnc3ccccn23)cc1. The van der Waals surface area contributed by atoms with Crippen molar-refractivity contribution in [1.29, 1.82) is 0 Å². The molecule has 0 aliphatic carbocycles. The molecule has 23 heavy (non-hydrogen) atoms. The molecule has 0 aliphatic heterocycles. The van der Waals surface area contributed by atoms with Crippen molar-refractivity contribution in [1.82, 2.24) is 19.9 Å². The van der Waals surface area contributed by atoms with Gasteiger partial charge in [0.05, 0.1) is 13.7 Å². The van der Waals surface area contributed by atoms with E-state index in [9.17, 15) is 4.79 Å². The molecule has 0 saturated carbocycles. The van der Waals surface area contributed by atoms with Crippen LogP contribution in [0.5, 0.6) is 5.75 Å². The van der Waals surface area contributed by atoms with Crippen LogP contribution in [0.2, 0.25) is 0 Å². The minimum absolute atomic E-state index is 0.00602. The van der Waals surface area contributed by atoms with Crippen molar-refractivity contribution in [3.63, 3.8) is 0 Å². The van der Waals surface area contributed by atoms with E-state index in [2.05, 4.69) is 15.5 Å². The molecule has 1 amide bonds. The number of methoxy groups -OCH3 is 1. The topological polar surface area (TPSA) is 68.5 Å². The average molecular weight is 310 g/mol. The highest BCUT2D eigenvalue weighted by Gasteiger charge is 2.07. The summed E-state index contributed by atoms with van der Waals surface area (Å²) in [7, 11) is 1.64. The fourth-order valence-corrected chi connectivity index (χ4v) is 2.33. The van der Waals surface area contributed by atoms with Crippen LogP contribution in [-0.2, 0) is 17.8 Å². The van der Waals surface area contributed by atoms with Crippen LogP contribution in [0.25, 0.3) is 5.65 Å². The van der Waals surface area contributed by atoms with Gasteiger partial charge in [0.25, 0.3) is 0 Å². The van der Waals surface area contributed by atoms with E-state index in [1.54, 1.807) is 7.11 Å². The van der Waals surface area contributed by atoms with E-state index in [0.717, 1.165) is 22.8 Å². The number of carbonyl (C=O) groups is 1. The Morgan fingerprint density at radius 3 is 2.78 bits per heavy atom. The number of nitrogens with zero attached hydrogens (tertiary/aromatic N) is 3. The van der Waals surface area contributed by atoms with Crippen molar-refractivity contribution in [2.75, 3.05) is 7.11 Å². The molecule has 1 N–H and O–H groups in total. The molecule has 0 aliphatic rings. The summed E-state index contributed by atoms with van der Waals surface area (Å²) in [6, 6.07) is 13.4. The predicted octanol–water partition coefficient (Wildman–Crippen LogP) is 1.99. The highest BCUT2D eigenvalue weighted by molar-refractivity contribution is 5.76. The molecule has 3 aromatic rings. The van der Waals surface area contributed by atoms with Gasteiger partial charge in [0.2, 0.25) is 5.91 Å². The third kappa shape index (κ3) is 3.66. The zero-order valence-electron chi connectivity index (χ0n) is 12.9. The van der Waals surface area contributed by atoms with Crippen LogP contribution in [0, 0.1) is 0 Å². The van der Waals surface area contributed by atoms with Crippen molar-refractivity contribution < 1.29 is 9.53 Å². The summed E-state index contributed by atoms with van der Waals surface area (Å²) in [5.41, 5.74) is 1.88. The zero-order chi connectivity index (χ0) is 16.1. The fraction of sp³-hybridized carbons (Fsp3) is 0.235. The Kier molecular flexibility index (Phi) is 4.52. The summed E-state index contributed by atoms with van der Waals surface area (Å²) in [5, 5.41) is 11.0. The molecule has 0 atom stereocenters. The second kappa shape index (κ2) is 6.91. The lowest BCUT2D eigenvalue weighted by molar-refractivity contribution is -0.121. The van der Waals surface area contributed by atoms with Crippen molar-refractivity contribution in [3.05, 3.63) is 60.0 Å². The number of amides is 1. The Bertz CT molecular complexity index is 796. The number of aromatic nitrogens is 3. The number of carbonyl (C=O) groups excluding carboxylic acids is 1. The molecular weight excluding hydrogens is 292 g/mol. The second-order valence-electron chi connectivity index (χ2n) is 5.17. The number of pyridine rings is 1. The Morgan fingerprint density at radius 1 is 1.17 bits per heavy atom. The number of ether oxygens (including phenoxy) is 1. The van der Waals surface area contributed by atoms with Gasteiger partial charge in [-0.1, -0.05) is 18.2 Å². The molecular formula is C17H18N4O2. The molecule has 118 valence electrons. The highest BCUT2D eigenvalue weighted by atomic mass is 16.5. The summed E-state index contributed by atoms with van der Waals surface area (Å²) >= 11 is 0. The van der Waals surface area contributed by atoms with E-state index in [0.29, 0.717) is 19.4 Å². The number of benzene rings is 1. The molecule has 0 radical (unpaired) electrons. The summed E-state index contributed by atoms with van der Waals surface area (Å²) < 4.78 is 6.98. The minimum atomic E-state index is -0.00602. The van der Waals surface area contributed by atoms with Gasteiger partial charge >= 0.3 is 0 Å². The predicted molar refractivity (Wildman–Crippen MR) is 86.1 cm³/mol. The van der Waals surface area contributed by atoms with Gasteiger partial charge in [-0.2, -0.15) is 0 Å². The number of nitrogens with one attached hydrogen (secondary N) is 1. The minimum Gasteiger partial charge on any atom is -0.497 e. The Hall–Kier alpha value is -2.89. The summed E-state index contributed by atoms with van der Waals surface area (Å²) in [5.74, 6) is 1.53. The van der Waals surface area contributed by atoms with E-state index in [-0.39, 0.29) is 5.91 Å². The molecule has 2 aromatic heterocycles. The molecule has 0 saturated heterocycles. The molecule has 0 spiro atoms. The fourth-order valence-electron chi connectivity index (χ4n) is 2.33. The Morgan fingerprint density at radius 2 is 2.00 bits per heavy atom. The van der Waals surface area contributed by atoms with Gasteiger partial charge in [-0.15, -0.1) is 10.2 Å².